The van der Waals surface area contributed by atoms with Gasteiger partial charge in [0.25, 0.3) is 5.84 Å². The van der Waals surface area contributed by atoms with E-state index < -0.39 is 16.7 Å². The first-order valence-electron chi connectivity index (χ1n) is 12.6. The summed E-state index contributed by atoms with van der Waals surface area (Å²) in [6.07, 6.45) is -0.294. The lowest BCUT2D eigenvalue weighted by Crippen LogP contribution is -2.53. The molecule has 3 heterocycles. The second-order valence-electron chi connectivity index (χ2n) is 10.9. The zero-order chi connectivity index (χ0) is 24.6. The molecule has 1 saturated carbocycles. The van der Waals surface area contributed by atoms with E-state index in [2.05, 4.69) is 91.2 Å². The molecule has 8 rings (SSSR count). The molecule has 5 unspecified atom stereocenters. The molecule has 0 amide bonds. The molecule has 4 aromatic rings. The van der Waals surface area contributed by atoms with E-state index >= 15 is 0 Å². The Kier molecular flexibility index (Phi) is 3.57. The molecule has 4 aliphatic rings. The van der Waals surface area contributed by atoms with Crippen LogP contribution >= 0.6 is 0 Å². The molecule has 0 bridgehead atoms. The molecular formula is C31H27N2O3+. The number of fused-ring (bicyclic) bond motifs is 12. The first-order chi connectivity index (χ1) is 17.3. The smallest absolute Gasteiger partial charge is 0.291 e. The lowest BCUT2D eigenvalue weighted by atomic mass is 9.79. The van der Waals surface area contributed by atoms with Crippen molar-refractivity contribution in [1.82, 2.24) is 0 Å². The van der Waals surface area contributed by atoms with Gasteiger partial charge in [0.05, 0.1) is 5.56 Å². The SMILES string of the molecule is COC1(O)C2(C)c3cc4ccccc4cc3C3=[N+](C(C)=NC4c5c(ccc6ccccc56)OC34)C12C. The highest BCUT2D eigenvalue weighted by Crippen LogP contribution is 2.71. The number of amidine groups is 1. The summed E-state index contributed by atoms with van der Waals surface area (Å²) in [6, 6.07) is 25.4. The molecule has 0 aromatic heterocycles. The van der Waals surface area contributed by atoms with Crippen molar-refractivity contribution in [3.8, 4) is 5.75 Å². The molecular weight excluding hydrogens is 448 g/mol. The molecule has 1 fully saturated rings. The largest absolute Gasteiger partial charge is 0.476 e. The molecule has 178 valence electrons. The van der Waals surface area contributed by atoms with Gasteiger partial charge in [-0.2, -0.15) is 0 Å². The number of benzene rings is 4. The number of ether oxygens (including phenoxy) is 2. The van der Waals surface area contributed by atoms with Crippen LogP contribution in [0.2, 0.25) is 0 Å². The molecule has 36 heavy (non-hydrogen) atoms. The Morgan fingerprint density at radius 1 is 0.944 bits per heavy atom. The van der Waals surface area contributed by atoms with Gasteiger partial charge < -0.3 is 14.6 Å². The first kappa shape index (κ1) is 20.6. The van der Waals surface area contributed by atoms with Crippen LogP contribution in [0.25, 0.3) is 21.5 Å². The van der Waals surface area contributed by atoms with Gasteiger partial charge in [-0.05, 0) is 59.2 Å². The van der Waals surface area contributed by atoms with Crippen LogP contribution in [-0.2, 0) is 10.2 Å². The third-order valence-electron chi connectivity index (χ3n) is 9.62. The van der Waals surface area contributed by atoms with E-state index in [0.29, 0.717) is 0 Å². The molecule has 5 nitrogen and oxygen atoms in total. The Morgan fingerprint density at radius 3 is 2.39 bits per heavy atom. The van der Waals surface area contributed by atoms with Crippen molar-refractivity contribution < 1.29 is 19.2 Å². The van der Waals surface area contributed by atoms with Crippen LogP contribution in [0.1, 0.15) is 43.5 Å². The van der Waals surface area contributed by atoms with E-state index in [0.717, 1.165) is 44.8 Å². The van der Waals surface area contributed by atoms with Crippen molar-refractivity contribution in [2.75, 3.05) is 7.11 Å². The number of rotatable bonds is 1. The number of nitrogens with zero attached hydrogens (tertiary/aromatic N) is 2. The first-order valence-corrected chi connectivity index (χ1v) is 12.6. The van der Waals surface area contributed by atoms with E-state index in [9.17, 15) is 5.11 Å². The van der Waals surface area contributed by atoms with E-state index in [1.165, 1.54) is 10.8 Å². The van der Waals surface area contributed by atoms with Gasteiger partial charge in [-0.25, -0.2) is 4.58 Å². The summed E-state index contributed by atoms with van der Waals surface area (Å²) in [5.74, 6) is 0.380. The summed E-state index contributed by atoms with van der Waals surface area (Å²) < 4.78 is 14.9. The van der Waals surface area contributed by atoms with Gasteiger partial charge in [0, 0.05) is 19.6 Å². The molecule has 0 radical (unpaired) electrons. The van der Waals surface area contributed by atoms with Crippen LogP contribution in [0.15, 0.2) is 77.8 Å². The van der Waals surface area contributed by atoms with Crippen LogP contribution < -0.4 is 4.74 Å². The second kappa shape index (κ2) is 6.23. The molecule has 0 spiro atoms. The van der Waals surface area contributed by atoms with Crippen molar-refractivity contribution in [1.29, 1.82) is 0 Å². The van der Waals surface area contributed by atoms with Gasteiger partial charge in [0.15, 0.2) is 11.3 Å². The Labute approximate surface area is 209 Å². The molecule has 0 saturated heterocycles. The van der Waals surface area contributed by atoms with E-state index in [1.54, 1.807) is 7.11 Å². The van der Waals surface area contributed by atoms with Crippen molar-refractivity contribution in [3.63, 3.8) is 0 Å². The summed E-state index contributed by atoms with van der Waals surface area (Å²) in [7, 11) is 1.60. The Bertz CT molecular complexity index is 1740. The van der Waals surface area contributed by atoms with Crippen molar-refractivity contribution in [2.45, 2.75) is 49.7 Å². The third-order valence-corrected chi connectivity index (χ3v) is 9.62. The summed E-state index contributed by atoms with van der Waals surface area (Å²) in [4.78, 5) is 5.24. The molecule has 5 heteroatoms. The summed E-state index contributed by atoms with van der Waals surface area (Å²) in [6.45, 7) is 6.24. The Hall–Kier alpha value is -3.54. The Morgan fingerprint density at radius 2 is 1.64 bits per heavy atom. The predicted molar refractivity (Wildman–Crippen MR) is 140 cm³/mol. The van der Waals surface area contributed by atoms with E-state index in [4.69, 9.17) is 14.5 Å². The summed E-state index contributed by atoms with van der Waals surface area (Å²) in [5, 5.41) is 16.7. The number of aliphatic imine (C=N–C) groups is 1. The van der Waals surface area contributed by atoms with Gasteiger partial charge in [-0.15, -0.1) is 0 Å². The maximum atomic E-state index is 12.0. The molecule has 4 aromatic carbocycles. The van der Waals surface area contributed by atoms with Gasteiger partial charge in [0.2, 0.25) is 17.9 Å². The lowest BCUT2D eigenvalue weighted by molar-refractivity contribution is -0.500. The minimum Gasteiger partial charge on any atom is -0.476 e. The highest BCUT2D eigenvalue weighted by Gasteiger charge is 2.92. The van der Waals surface area contributed by atoms with Gasteiger partial charge >= 0.3 is 0 Å². The van der Waals surface area contributed by atoms with Crippen LogP contribution in [0.3, 0.4) is 0 Å². The monoisotopic (exact) mass is 475 g/mol. The highest BCUT2D eigenvalue weighted by molar-refractivity contribution is 6.11. The number of hydrogen-bond donors (Lipinski definition) is 1. The van der Waals surface area contributed by atoms with Crippen molar-refractivity contribution >= 4 is 33.1 Å². The maximum Gasteiger partial charge on any atom is 0.291 e. The average molecular weight is 476 g/mol. The number of hydrogen-bond acceptors (Lipinski definition) is 4. The van der Waals surface area contributed by atoms with E-state index in [1.807, 2.05) is 6.92 Å². The second-order valence-corrected chi connectivity index (χ2v) is 10.9. The van der Waals surface area contributed by atoms with Gasteiger partial charge in [0.1, 0.15) is 11.2 Å². The third kappa shape index (κ3) is 1.98. The predicted octanol–water partition coefficient (Wildman–Crippen LogP) is 5.11. The van der Waals surface area contributed by atoms with Crippen molar-refractivity contribution in [2.24, 2.45) is 4.99 Å². The van der Waals surface area contributed by atoms with Crippen LogP contribution in [0.4, 0.5) is 0 Å². The fraction of sp³-hybridized carbons (Fsp3) is 0.290. The normalized spacial score (nSPS) is 33.3. The minimum absolute atomic E-state index is 0.154. The number of aliphatic hydroxyl groups is 1. The van der Waals surface area contributed by atoms with E-state index in [-0.39, 0.29) is 12.1 Å². The fourth-order valence-electron chi connectivity index (χ4n) is 7.69. The van der Waals surface area contributed by atoms with Crippen LogP contribution in [0.5, 0.6) is 5.75 Å². The lowest BCUT2D eigenvalue weighted by Gasteiger charge is -2.33. The summed E-state index contributed by atoms with van der Waals surface area (Å²) >= 11 is 0. The molecule has 3 aliphatic heterocycles. The summed E-state index contributed by atoms with van der Waals surface area (Å²) in [5.41, 5.74) is 3.03. The highest BCUT2D eigenvalue weighted by atomic mass is 16.6. The van der Waals surface area contributed by atoms with Crippen LogP contribution in [0, 0.1) is 0 Å². The maximum absolute atomic E-state index is 12.0. The van der Waals surface area contributed by atoms with Gasteiger partial charge in [-0.1, -0.05) is 59.6 Å². The topological polar surface area (TPSA) is 54.1 Å². The molecule has 5 atom stereocenters. The molecule has 1 N–H and O–H groups in total. The van der Waals surface area contributed by atoms with Crippen LogP contribution in [-0.4, -0.2) is 45.8 Å². The average Bonchev–Trinajstić information content (AvgIpc) is 3.13. The zero-order valence-electron chi connectivity index (χ0n) is 20.7. The number of methoxy groups -OCH3 is 1. The van der Waals surface area contributed by atoms with Crippen molar-refractivity contribution in [3.05, 3.63) is 89.5 Å². The zero-order valence-corrected chi connectivity index (χ0v) is 20.7. The quantitative estimate of drug-likeness (QED) is 0.308. The molecule has 1 aliphatic carbocycles. The fourth-order valence-corrected chi connectivity index (χ4v) is 7.69. The van der Waals surface area contributed by atoms with Gasteiger partial charge in [-0.3, -0.25) is 0 Å². The standard InChI is InChI=1S/C31H27N2O3/c1-17-32-26-25-21-12-8-7-9-18(21)13-14-24(25)36-28(26)27-22-15-19-10-5-6-11-20(19)16-23(22)29(2)30(3,33(17)27)31(29,34)35-4/h5-16,26,28,34H,1-4H3/q+1. The Balaban J connectivity index is 1.45. The minimum atomic E-state index is -1.37.